The first-order chi connectivity index (χ1) is 8.70. The van der Waals surface area contributed by atoms with Crippen molar-refractivity contribution < 1.29 is 10.2 Å². The van der Waals surface area contributed by atoms with Gasteiger partial charge in [0.2, 0.25) is 0 Å². The molecule has 0 spiro atoms. The van der Waals surface area contributed by atoms with Gasteiger partial charge in [-0.2, -0.15) is 0 Å². The molecule has 1 heterocycles. The second kappa shape index (κ2) is 5.84. The molecule has 0 aliphatic heterocycles. The third kappa shape index (κ3) is 3.00. The molecule has 5 heteroatoms. The largest absolute Gasteiger partial charge is 0.504 e. The molecule has 0 amide bonds. The van der Waals surface area contributed by atoms with E-state index >= 15 is 0 Å². The molecule has 1 aromatic carbocycles. The maximum atomic E-state index is 9.46. The van der Waals surface area contributed by atoms with E-state index in [9.17, 15) is 10.2 Å². The summed E-state index contributed by atoms with van der Waals surface area (Å²) >= 11 is 1.58. The fourth-order valence-corrected chi connectivity index (χ4v) is 2.45. The average molecular weight is 264 g/mol. The minimum atomic E-state index is -0.117. The van der Waals surface area contributed by atoms with Gasteiger partial charge in [-0.05, 0) is 31.2 Å². The van der Waals surface area contributed by atoms with Crippen LogP contribution >= 0.6 is 11.3 Å². The van der Waals surface area contributed by atoms with Crippen LogP contribution in [0, 0.1) is 0 Å². The summed E-state index contributed by atoms with van der Waals surface area (Å²) in [7, 11) is 0. The minimum Gasteiger partial charge on any atom is -0.504 e. The molecule has 0 aliphatic rings. The number of nitrogens with zero attached hydrogens (tertiary/aromatic N) is 1. The van der Waals surface area contributed by atoms with Crippen LogP contribution in [0.5, 0.6) is 11.5 Å². The topological polar surface area (TPSA) is 65.4 Å². The van der Waals surface area contributed by atoms with E-state index in [1.165, 1.54) is 12.1 Å². The molecule has 0 unspecified atom stereocenters. The van der Waals surface area contributed by atoms with Gasteiger partial charge in [0.05, 0.1) is 0 Å². The van der Waals surface area contributed by atoms with Crippen LogP contribution in [0.3, 0.4) is 0 Å². The van der Waals surface area contributed by atoms with Gasteiger partial charge in [-0.25, -0.2) is 4.98 Å². The highest BCUT2D eigenvalue weighted by Crippen LogP contribution is 2.32. The second-order valence-electron chi connectivity index (χ2n) is 4.01. The molecule has 4 nitrogen and oxygen atoms in total. The van der Waals surface area contributed by atoms with Crippen LogP contribution in [0.25, 0.3) is 10.6 Å². The third-order valence-corrected chi connectivity index (χ3v) is 3.55. The number of phenols is 2. The molecule has 0 saturated carbocycles. The van der Waals surface area contributed by atoms with Crippen LogP contribution in [-0.2, 0) is 6.54 Å². The van der Waals surface area contributed by atoms with Crippen molar-refractivity contribution >= 4 is 11.3 Å². The Morgan fingerprint density at radius 1 is 1.28 bits per heavy atom. The lowest BCUT2D eigenvalue weighted by Gasteiger charge is -2.00. The number of hydrogen-bond acceptors (Lipinski definition) is 5. The average Bonchev–Trinajstić information content (AvgIpc) is 2.82. The van der Waals surface area contributed by atoms with Crippen molar-refractivity contribution in [3.8, 4) is 22.1 Å². The van der Waals surface area contributed by atoms with Crippen LogP contribution in [0.2, 0.25) is 0 Å². The smallest absolute Gasteiger partial charge is 0.158 e. The summed E-state index contributed by atoms with van der Waals surface area (Å²) in [5.74, 6) is -0.228. The molecule has 96 valence electrons. The Hall–Kier alpha value is -1.59. The third-order valence-electron chi connectivity index (χ3n) is 2.50. The molecule has 0 saturated heterocycles. The molecule has 0 radical (unpaired) electrons. The van der Waals surface area contributed by atoms with E-state index in [1.54, 1.807) is 17.4 Å². The van der Waals surface area contributed by atoms with Gasteiger partial charge in [0.15, 0.2) is 11.5 Å². The Labute approximate surface area is 110 Å². The minimum absolute atomic E-state index is 0.111. The predicted molar refractivity (Wildman–Crippen MR) is 72.9 cm³/mol. The molecule has 18 heavy (non-hydrogen) atoms. The molecule has 0 atom stereocenters. The van der Waals surface area contributed by atoms with E-state index in [4.69, 9.17) is 0 Å². The maximum absolute atomic E-state index is 9.46. The molecule has 3 N–H and O–H groups in total. The molecule has 2 aromatic rings. The number of nitrogens with one attached hydrogen (secondary N) is 1. The van der Waals surface area contributed by atoms with Crippen LogP contribution in [-0.4, -0.2) is 21.7 Å². The Kier molecular flexibility index (Phi) is 4.17. The van der Waals surface area contributed by atoms with Crippen LogP contribution in [0.4, 0.5) is 0 Å². The highest BCUT2D eigenvalue weighted by molar-refractivity contribution is 7.15. The Bertz CT molecular complexity index is 525. The number of aromatic nitrogens is 1. The fraction of sp³-hybridized carbons (Fsp3) is 0.308. The van der Waals surface area contributed by atoms with Gasteiger partial charge in [-0.3, -0.25) is 0 Å². The van der Waals surface area contributed by atoms with Crippen LogP contribution in [0.1, 0.15) is 18.2 Å². The first kappa shape index (κ1) is 12.9. The normalized spacial score (nSPS) is 10.7. The SMILES string of the molecule is CCCNCc1cnc(-c2ccc(O)c(O)c2)s1. The van der Waals surface area contributed by atoms with E-state index in [0.29, 0.717) is 0 Å². The molecule has 1 aromatic heterocycles. The Balaban J connectivity index is 2.11. The molecule has 0 bridgehead atoms. The molecule has 0 fully saturated rings. The molecule has 2 rings (SSSR count). The number of benzene rings is 1. The summed E-state index contributed by atoms with van der Waals surface area (Å²) in [6.07, 6.45) is 2.95. The van der Waals surface area contributed by atoms with E-state index in [2.05, 4.69) is 17.2 Å². The zero-order valence-electron chi connectivity index (χ0n) is 10.2. The molecular weight excluding hydrogens is 248 g/mol. The predicted octanol–water partition coefficient (Wildman–Crippen LogP) is 2.72. The van der Waals surface area contributed by atoms with Crippen LogP contribution in [0.15, 0.2) is 24.4 Å². The summed E-state index contributed by atoms with van der Waals surface area (Å²) in [4.78, 5) is 5.48. The van der Waals surface area contributed by atoms with Gasteiger partial charge in [0, 0.05) is 23.2 Å². The van der Waals surface area contributed by atoms with Gasteiger partial charge in [0.25, 0.3) is 0 Å². The van der Waals surface area contributed by atoms with Crippen molar-refractivity contribution in [1.82, 2.24) is 10.3 Å². The van der Waals surface area contributed by atoms with Gasteiger partial charge in [-0.15, -0.1) is 11.3 Å². The Morgan fingerprint density at radius 3 is 2.83 bits per heavy atom. The lowest BCUT2D eigenvalue weighted by atomic mass is 10.2. The van der Waals surface area contributed by atoms with Crippen molar-refractivity contribution in [2.75, 3.05) is 6.54 Å². The van der Waals surface area contributed by atoms with Crippen molar-refractivity contribution in [3.05, 3.63) is 29.3 Å². The zero-order chi connectivity index (χ0) is 13.0. The second-order valence-corrected chi connectivity index (χ2v) is 5.13. The van der Waals surface area contributed by atoms with Gasteiger partial charge < -0.3 is 15.5 Å². The lowest BCUT2D eigenvalue weighted by molar-refractivity contribution is 0.404. The first-order valence-electron chi connectivity index (χ1n) is 5.88. The van der Waals surface area contributed by atoms with Crippen molar-refractivity contribution in [1.29, 1.82) is 0 Å². The molecular formula is C13H16N2O2S. The van der Waals surface area contributed by atoms with E-state index in [-0.39, 0.29) is 11.5 Å². The molecule has 0 aliphatic carbocycles. The number of rotatable bonds is 5. The van der Waals surface area contributed by atoms with Crippen molar-refractivity contribution in [2.45, 2.75) is 19.9 Å². The monoisotopic (exact) mass is 264 g/mol. The standard InChI is InChI=1S/C13H16N2O2S/c1-2-5-14-7-10-8-15-13(18-10)9-3-4-11(16)12(17)6-9/h3-4,6,8,14,16-17H,2,5,7H2,1H3. The number of thiazole rings is 1. The Morgan fingerprint density at radius 2 is 2.11 bits per heavy atom. The summed E-state index contributed by atoms with van der Waals surface area (Å²) in [5, 5.41) is 22.9. The zero-order valence-corrected chi connectivity index (χ0v) is 11.0. The van der Waals surface area contributed by atoms with Gasteiger partial charge >= 0.3 is 0 Å². The van der Waals surface area contributed by atoms with E-state index in [1.807, 2.05) is 6.20 Å². The highest BCUT2D eigenvalue weighted by atomic mass is 32.1. The maximum Gasteiger partial charge on any atom is 0.158 e. The fourth-order valence-electron chi connectivity index (χ4n) is 1.57. The van der Waals surface area contributed by atoms with Crippen molar-refractivity contribution in [3.63, 3.8) is 0 Å². The van der Waals surface area contributed by atoms with Gasteiger partial charge in [-0.1, -0.05) is 6.92 Å². The van der Waals surface area contributed by atoms with Gasteiger partial charge in [0.1, 0.15) is 5.01 Å². The highest BCUT2D eigenvalue weighted by Gasteiger charge is 2.07. The number of phenolic OH excluding ortho intramolecular Hbond substituents is 2. The lowest BCUT2D eigenvalue weighted by Crippen LogP contribution is -2.12. The summed E-state index contributed by atoms with van der Waals surface area (Å²) in [6.45, 7) is 3.94. The number of hydrogen-bond donors (Lipinski definition) is 3. The summed E-state index contributed by atoms with van der Waals surface area (Å²) in [6, 6.07) is 4.75. The first-order valence-corrected chi connectivity index (χ1v) is 6.70. The summed E-state index contributed by atoms with van der Waals surface area (Å²) < 4.78 is 0. The van der Waals surface area contributed by atoms with Crippen LogP contribution < -0.4 is 5.32 Å². The quantitative estimate of drug-likeness (QED) is 0.574. The number of aromatic hydroxyl groups is 2. The van der Waals surface area contributed by atoms with E-state index in [0.717, 1.165) is 35.0 Å². The van der Waals surface area contributed by atoms with E-state index < -0.39 is 0 Å². The van der Waals surface area contributed by atoms with Crippen molar-refractivity contribution in [2.24, 2.45) is 0 Å². The summed E-state index contributed by atoms with van der Waals surface area (Å²) in [5.41, 5.74) is 0.817.